The average Bonchev–Trinajstić information content (AvgIpc) is 3.04. The van der Waals surface area contributed by atoms with Crippen LogP contribution in [0.2, 0.25) is 0 Å². The number of aryl methyl sites for hydroxylation is 1. The summed E-state index contributed by atoms with van der Waals surface area (Å²) in [6, 6.07) is 9.08. The highest BCUT2D eigenvalue weighted by molar-refractivity contribution is 5.91. The number of rotatable bonds is 8. The van der Waals surface area contributed by atoms with E-state index in [0.29, 0.717) is 0 Å². The summed E-state index contributed by atoms with van der Waals surface area (Å²) in [6.45, 7) is 6.27. The van der Waals surface area contributed by atoms with Crippen molar-refractivity contribution in [3.05, 3.63) is 42.2 Å². The lowest BCUT2D eigenvalue weighted by Gasteiger charge is -2.21. The molecule has 2 N–H and O–H groups in total. The van der Waals surface area contributed by atoms with Crippen LogP contribution in [-0.2, 0) is 11.3 Å². The summed E-state index contributed by atoms with van der Waals surface area (Å²) in [6.07, 6.45) is 1.56. The molecule has 0 saturated heterocycles. The van der Waals surface area contributed by atoms with Gasteiger partial charge in [-0.3, -0.25) is 9.48 Å². The van der Waals surface area contributed by atoms with Crippen molar-refractivity contribution in [2.24, 2.45) is 0 Å². The fraction of sp³-hybridized carbons (Fsp3) is 0.353. The van der Waals surface area contributed by atoms with E-state index < -0.39 is 5.97 Å². The zero-order valence-corrected chi connectivity index (χ0v) is 13.9. The van der Waals surface area contributed by atoms with Gasteiger partial charge in [0.1, 0.15) is 5.69 Å². The Morgan fingerprint density at radius 1 is 1.17 bits per heavy atom. The van der Waals surface area contributed by atoms with Crippen molar-refractivity contribution in [3.8, 4) is 0 Å². The first-order valence-electron chi connectivity index (χ1n) is 7.95. The molecule has 24 heavy (non-hydrogen) atoms. The predicted molar refractivity (Wildman–Crippen MR) is 92.4 cm³/mol. The van der Waals surface area contributed by atoms with Crippen molar-refractivity contribution in [2.45, 2.75) is 26.8 Å². The molecule has 1 aromatic carbocycles. The minimum Gasteiger partial charge on any atom is -0.477 e. The van der Waals surface area contributed by atoms with Gasteiger partial charge in [-0.15, -0.1) is 0 Å². The van der Waals surface area contributed by atoms with Crippen molar-refractivity contribution in [1.82, 2.24) is 9.78 Å². The van der Waals surface area contributed by atoms with Crippen LogP contribution in [-0.4, -0.2) is 39.9 Å². The van der Waals surface area contributed by atoms with Crippen molar-refractivity contribution >= 4 is 23.3 Å². The van der Waals surface area contributed by atoms with Gasteiger partial charge in [0, 0.05) is 37.1 Å². The first-order valence-corrected chi connectivity index (χ1v) is 7.95. The number of aromatic nitrogens is 2. The average molecular weight is 330 g/mol. The van der Waals surface area contributed by atoms with E-state index in [1.165, 1.54) is 16.9 Å². The Labute approximate surface area is 140 Å². The van der Waals surface area contributed by atoms with E-state index in [1.54, 1.807) is 0 Å². The Bertz CT molecular complexity index is 690. The molecule has 7 nitrogen and oxygen atoms in total. The molecule has 0 bridgehead atoms. The molecule has 0 fully saturated rings. The van der Waals surface area contributed by atoms with Crippen molar-refractivity contribution in [1.29, 1.82) is 0 Å². The second-order valence-electron chi connectivity index (χ2n) is 5.26. The smallest absolute Gasteiger partial charge is 0.354 e. The highest BCUT2D eigenvalue weighted by atomic mass is 16.4. The maximum atomic E-state index is 12.0. The molecule has 0 radical (unpaired) electrons. The first kappa shape index (κ1) is 17.5. The molecule has 0 aliphatic rings. The largest absolute Gasteiger partial charge is 0.477 e. The van der Waals surface area contributed by atoms with Crippen molar-refractivity contribution < 1.29 is 14.7 Å². The number of carbonyl (C=O) groups excluding carboxylic acids is 1. The van der Waals surface area contributed by atoms with E-state index in [0.717, 1.165) is 24.5 Å². The number of amides is 1. The van der Waals surface area contributed by atoms with Gasteiger partial charge in [0.05, 0.1) is 6.54 Å². The Morgan fingerprint density at radius 2 is 1.83 bits per heavy atom. The van der Waals surface area contributed by atoms with Crippen LogP contribution >= 0.6 is 0 Å². The maximum absolute atomic E-state index is 12.0. The van der Waals surface area contributed by atoms with Crippen LogP contribution in [0.4, 0.5) is 11.4 Å². The topological polar surface area (TPSA) is 87.5 Å². The molecule has 0 aliphatic carbocycles. The van der Waals surface area contributed by atoms with E-state index in [-0.39, 0.29) is 24.6 Å². The van der Waals surface area contributed by atoms with Crippen LogP contribution < -0.4 is 10.2 Å². The summed E-state index contributed by atoms with van der Waals surface area (Å²) in [5, 5.41) is 15.7. The molecule has 0 spiro atoms. The van der Waals surface area contributed by atoms with E-state index >= 15 is 0 Å². The minimum atomic E-state index is -1.06. The van der Waals surface area contributed by atoms with Gasteiger partial charge in [0.2, 0.25) is 5.91 Å². The van der Waals surface area contributed by atoms with Gasteiger partial charge in [-0.05, 0) is 44.2 Å². The zero-order chi connectivity index (χ0) is 17.5. The van der Waals surface area contributed by atoms with Gasteiger partial charge in [-0.25, -0.2) is 4.79 Å². The van der Waals surface area contributed by atoms with Gasteiger partial charge < -0.3 is 15.3 Å². The molecule has 2 rings (SSSR count). The molecule has 0 aliphatic heterocycles. The summed E-state index contributed by atoms with van der Waals surface area (Å²) in [5.41, 5.74) is 1.90. The van der Waals surface area contributed by atoms with Crippen LogP contribution in [0.25, 0.3) is 0 Å². The van der Waals surface area contributed by atoms with E-state index in [2.05, 4.69) is 29.2 Å². The highest BCUT2D eigenvalue weighted by Crippen LogP contribution is 2.17. The van der Waals surface area contributed by atoms with Gasteiger partial charge in [0.15, 0.2) is 0 Å². The maximum Gasteiger partial charge on any atom is 0.354 e. The highest BCUT2D eigenvalue weighted by Gasteiger charge is 2.11. The molecule has 1 amide bonds. The SMILES string of the molecule is CCN(CC)c1ccc(NC(=O)CCn2nccc2C(=O)O)cc1. The Morgan fingerprint density at radius 3 is 2.42 bits per heavy atom. The molecular weight excluding hydrogens is 308 g/mol. The zero-order valence-electron chi connectivity index (χ0n) is 13.9. The number of anilines is 2. The monoisotopic (exact) mass is 330 g/mol. The number of hydrogen-bond donors (Lipinski definition) is 2. The fourth-order valence-electron chi connectivity index (χ4n) is 2.47. The molecule has 1 aromatic heterocycles. The number of nitrogens with zero attached hydrogens (tertiary/aromatic N) is 3. The lowest BCUT2D eigenvalue weighted by Crippen LogP contribution is -2.21. The minimum absolute atomic E-state index is 0.0753. The normalized spacial score (nSPS) is 10.4. The summed E-state index contributed by atoms with van der Waals surface area (Å²) >= 11 is 0. The Hall–Kier alpha value is -2.83. The summed E-state index contributed by atoms with van der Waals surface area (Å²) in [7, 11) is 0. The van der Waals surface area contributed by atoms with E-state index in [4.69, 9.17) is 5.11 Å². The van der Waals surface area contributed by atoms with Crippen LogP contribution in [0.15, 0.2) is 36.5 Å². The summed E-state index contributed by atoms with van der Waals surface area (Å²) < 4.78 is 1.31. The number of carbonyl (C=O) groups is 2. The molecule has 0 unspecified atom stereocenters. The van der Waals surface area contributed by atoms with E-state index in [1.807, 2.05) is 24.3 Å². The predicted octanol–water partition coefficient (Wildman–Crippen LogP) is 2.46. The third kappa shape index (κ3) is 4.34. The number of carboxylic acid groups (broad SMARTS) is 1. The van der Waals surface area contributed by atoms with E-state index in [9.17, 15) is 9.59 Å². The summed E-state index contributed by atoms with van der Waals surface area (Å²) in [5.74, 6) is -1.24. The van der Waals surface area contributed by atoms with Crippen LogP contribution in [0.3, 0.4) is 0 Å². The molecule has 7 heteroatoms. The van der Waals surface area contributed by atoms with Crippen molar-refractivity contribution in [2.75, 3.05) is 23.3 Å². The Balaban J connectivity index is 1.90. The molecular formula is C17H22N4O3. The fourth-order valence-corrected chi connectivity index (χ4v) is 2.47. The lowest BCUT2D eigenvalue weighted by atomic mass is 10.2. The second-order valence-corrected chi connectivity index (χ2v) is 5.26. The lowest BCUT2D eigenvalue weighted by molar-refractivity contribution is -0.116. The van der Waals surface area contributed by atoms with Crippen LogP contribution in [0, 0.1) is 0 Å². The number of aromatic carboxylic acids is 1. The quantitative estimate of drug-likeness (QED) is 0.776. The van der Waals surface area contributed by atoms with Crippen molar-refractivity contribution in [3.63, 3.8) is 0 Å². The van der Waals surface area contributed by atoms with Gasteiger partial charge in [0.25, 0.3) is 0 Å². The van der Waals surface area contributed by atoms with Crippen LogP contribution in [0.1, 0.15) is 30.8 Å². The third-order valence-corrected chi connectivity index (χ3v) is 3.77. The molecule has 0 saturated carbocycles. The summed E-state index contributed by atoms with van der Waals surface area (Å²) in [4.78, 5) is 25.2. The van der Waals surface area contributed by atoms with Crippen LogP contribution in [0.5, 0.6) is 0 Å². The first-order chi connectivity index (χ1) is 11.5. The van der Waals surface area contributed by atoms with Gasteiger partial charge in [-0.1, -0.05) is 0 Å². The number of hydrogen-bond acceptors (Lipinski definition) is 4. The van der Waals surface area contributed by atoms with Gasteiger partial charge in [-0.2, -0.15) is 5.10 Å². The molecule has 128 valence electrons. The number of benzene rings is 1. The molecule has 2 aromatic rings. The molecule has 0 atom stereocenters. The third-order valence-electron chi connectivity index (χ3n) is 3.77. The number of nitrogens with one attached hydrogen (secondary N) is 1. The molecule has 1 heterocycles. The standard InChI is InChI=1S/C17H22N4O3/c1-3-20(4-2)14-7-5-13(6-8-14)19-16(22)10-12-21-15(17(23)24)9-11-18-21/h5-9,11H,3-4,10,12H2,1-2H3,(H,19,22)(H,23,24). The second kappa shape index (κ2) is 8.14. The Kier molecular flexibility index (Phi) is 5.95. The number of carboxylic acids is 1. The van der Waals surface area contributed by atoms with Gasteiger partial charge >= 0.3 is 5.97 Å².